The molecule has 0 bridgehead atoms. The number of nitrogens with one attached hydrogen (secondary N) is 2. The average Bonchev–Trinajstić information content (AvgIpc) is 2.26. The van der Waals surface area contributed by atoms with Crippen molar-refractivity contribution in [3.8, 4) is 5.75 Å². The average molecular weight is 234 g/mol. The molecule has 3 heteroatoms. The maximum absolute atomic E-state index is 9.82. The van der Waals surface area contributed by atoms with Crippen LogP contribution in [0.3, 0.4) is 0 Å². The molecule has 0 aliphatic carbocycles. The van der Waals surface area contributed by atoms with Crippen LogP contribution in [-0.2, 0) is 6.42 Å². The zero-order valence-electron chi connectivity index (χ0n) is 10.9. The van der Waals surface area contributed by atoms with E-state index < -0.39 is 0 Å². The lowest BCUT2D eigenvalue weighted by Crippen LogP contribution is -2.44. The fourth-order valence-corrected chi connectivity index (χ4v) is 2.15. The first-order chi connectivity index (χ1) is 7.96. The maximum atomic E-state index is 9.82. The Kier molecular flexibility index (Phi) is 3.29. The van der Waals surface area contributed by atoms with E-state index in [9.17, 15) is 5.11 Å². The predicted octanol–water partition coefficient (Wildman–Crippen LogP) is 2.51. The molecule has 0 saturated carbocycles. The molecule has 1 aromatic rings. The molecule has 3 nitrogen and oxygen atoms in total. The summed E-state index contributed by atoms with van der Waals surface area (Å²) in [7, 11) is 0. The van der Waals surface area contributed by atoms with Crippen LogP contribution in [0.15, 0.2) is 18.2 Å². The molecule has 1 aliphatic rings. The van der Waals surface area contributed by atoms with E-state index in [4.69, 9.17) is 0 Å². The second kappa shape index (κ2) is 4.57. The Morgan fingerprint density at radius 2 is 2.18 bits per heavy atom. The highest BCUT2D eigenvalue weighted by atomic mass is 16.3. The minimum Gasteiger partial charge on any atom is -0.506 e. The Morgan fingerprint density at radius 3 is 2.88 bits per heavy atom. The zero-order chi connectivity index (χ0) is 12.5. The largest absolute Gasteiger partial charge is 0.506 e. The first-order valence-electron chi connectivity index (χ1n) is 6.28. The van der Waals surface area contributed by atoms with Crippen LogP contribution in [0.5, 0.6) is 5.75 Å². The van der Waals surface area contributed by atoms with Gasteiger partial charge in [0.25, 0.3) is 0 Å². The van der Waals surface area contributed by atoms with Crippen molar-refractivity contribution in [1.82, 2.24) is 5.32 Å². The number of hydrogen-bond donors (Lipinski definition) is 3. The van der Waals surface area contributed by atoms with Gasteiger partial charge in [-0.25, -0.2) is 0 Å². The van der Waals surface area contributed by atoms with Gasteiger partial charge >= 0.3 is 0 Å². The quantitative estimate of drug-likeness (QED) is 0.689. The van der Waals surface area contributed by atoms with Crippen molar-refractivity contribution in [3.63, 3.8) is 0 Å². The molecule has 0 amide bonds. The van der Waals surface area contributed by atoms with Gasteiger partial charge in [-0.1, -0.05) is 12.1 Å². The molecule has 0 saturated heterocycles. The number of hydrogen-bond acceptors (Lipinski definition) is 3. The summed E-state index contributed by atoms with van der Waals surface area (Å²) in [6.07, 6.45) is 2.15. The second-order valence-corrected chi connectivity index (χ2v) is 5.82. The number of fused-ring (bicyclic) bond motifs is 1. The van der Waals surface area contributed by atoms with Crippen molar-refractivity contribution in [2.45, 2.75) is 45.2 Å². The molecule has 3 N–H and O–H groups in total. The lowest BCUT2D eigenvalue weighted by atomic mass is 9.97. The second-order valence-electron chi connectivity index (χ2n) is 5.82. The fraction of sp³-hybridized carbons (Fsp3) is 0.571. The summed E-state index contributed by atoms with van der Waals surface area (Å²) < 4.78 is 0. The highest BCUT2D eigenvalue weighted by molar-refractivity contribution is 5.63. The number of para-hydroxylation sites is 1. The smallest absolute Gasteiger partial charge is 0.138 e. The van der Waals surface area contributed by atoms with Gasteiger partial charge in [-0.2, -0.15) is 0 Å². The molecule has 2 rings (SSSR count). The SMILES string of the molecule is CC(C)(C)NCC1CCc2cccc(O)c2N1. The first kappa shape index (κ1) is 12.2. The van der Waals surface area contributed by atoms with E-state index >= 15 is 0 Å². The Morgan fingerprint density at radius 1 is 1.41 bits per heavy atom. The number of anilines is 1. The minimum absolute atomic E-state index is 0.140. The lowest BCUT2D eigenvalue weighted by molar-refractivity contribution is 0.402. The summed E-state index contributed by atoms with van der Waals surface area (Å²) in [5, 5.41) is 16.7. The van der Waals surface area contributed by atoms with E-state index in [1.165, 1.54) is 5.56 Å². The normalized spacial score (nSPS) is 19.6. The fourth-order valence-electron chi connectivity index (χ4n) is 2.15. The van der Waals surface area contributed by atoms with Crippen LogP contribution in [-0.4, -0.2) is 23.2 Å². The van der Waals surface area contributed by atoms with Crippen molar-refractivity contribution < 1.29 is 5.11 Å². The Labute approximate surface area is 103 Å². The number of aromatic hydroxyl groups is 1. The van der Waals surface area contributed by atoms with Crippen LogP contribution in [0.25, 0.3) is 0 Å². The predicted molar refractivity (Wildman–Crippen MR) is 71.6 cm³/mol. The summed E-state index contributed by atoms with van der Waals surface area (Å²) in [5.74, 6) is 0.364. The van der Waals surface area contributed by atoms with Gasteiger partial charge in [0.15, 0.2) is 0 Å². The van der Waals surface area contributed by atoms with Crippen LogP contribution in [0.1, 0.15) is 32.8 Å². The van der Waals surface area contributed by atoms with E-state index in [2.05, 4.69) is 37.5 Å². The molecule has 0 radical (unpaired) electrons. The summed E-state index contributed by atoms with van der Waals surface area (Å²) in [6, 6.07) is 6.12. The number of phenolic OH excluding ortho intramolecular Hbond substituents is 1. The summed E-state index contributed by atoms with van der Waals surface area (Å²) >= 11 is 0. The molecular weight excluding hydrogens is 212 g/mol. The third kappa shape index (κ3) is 3.13. The van der Waals surface area contributed by atoms with Crippen LogP contribution in [0, 0.1) is 0 Å². The topological polar surface area (TPSA) is 44.3 Å². The number of phenols is 1. The van der Waals surface area contributed by atoms with Crippen molar-refractivity contribution in [2.24, 2.45) is 0 Å². The molecule has 94 valence electrons. The molecule has 0 spiro atoms. The molecule has 1 aromatic carbocycles. The van der Waals surface area contributed by atoms with Gasteiger partial charge in [0, 0.05) is 18.1 Å². The molecule has 1 unspecified atom stereocenters. The van der Waals surface area contributed by atoms with Gasteiger partial charge in [0.2, 0.25) is 0 Å². The van der Waals surface area contributed by atoms with E-state index in [0.717, 1.165) is 25.1 Å². The van der Waals surface area contributed by atoms with Crippen LogP contribution in [0.2, 0.25) is 0 Å². The lowest BCUT2D eigenvalue weighted by Gasteiger charge is -2.30. The number of benzene rings is 1. The highest BCUT2D eigenvalue weighted by Gasteiger charge is 2.21. The van der Waals surface area contributed by atoms with Gasteiger partial charge in [-0.3, -0.25) is 0 Å². The van der Waals surface area contributed by atoms with Gasteiger partial charge in [0.05, 0.1) is 5.69 Å². The van der Waals surface area contributed by atoms with Gasteiger partial charge in [0.1, 0.15) is 5.75 Å². The maximum Gasteiger partial charge on any atom is 0.138 e. The third-order valence-corrected chi connectivity index (χ3v) is 3.12. The van der Waals surface area contributed by atoms with Crippen molar-refractivity contribution >= 4 is 5.69 Å². The highest BCUT2D eigenvalue weighted by Crippen LogP contribution is 2.32. The molecule has 1 aliphatic heterocycles. The molecule has 1 atom stereocenters. The standard InChI is InChI=1S/C14H22N2O/c1-14(2,3)15-9-11-8-7-10-5-4-6-12(17)13(10)16-11/h4-6,11,15-17H,7-9H2,1-3H3. The Bertz CT molecular complexity index is 396. The first-order valence-corrected chi connectivity index (χ1v) is 6.28. The van der Waals surface area contributed by atoms with Gasteiger partial charge in [-0.05, 0) is 45.2 Å². The zero-order valence-corrected chi connectivity index (χ0v) is 10.9. The monoisotopic (exact) mass is 234 g/mol. The Balaban J connectivity index is 2.01. The van der Waals surface area contributed by atoms with E-state index in [-0.39, 0.29) is 5.54 Å². The van der Waals surface area contributed by atoms with Crippen LogP contribution < -0.4 is 10.6 Å². The number of rotatable bonds is 2. The number of aryl methyl sites for hydroxylation is 1. The van der Waals surface area contributed by atoms with Crippen LogP contribution in [0.4, 0.5) is 5.69 Å². The van der Waals surface area contributed by atoms with E-state index in [1.54, 1.807) is 6.07 Å². The van der Waals surface area contributed by atoms with Crippen molar-refractivity contribution in [2.75, 3.05) is 11.9 Å². The van der Waals surface area contributed by atoms with Gasteiger partial charge in [-0.15, -0.1) is 0 Å². The summed E-state index contributed by atoms with van der Waals surface area (Å²) in [4.78, 5) is 0. The molecular formula is C14H22N2O. The third-order valence-electron chi connectivity index (χ3n) is 3.12. The minimum atomic E-state index is 0.140. The summed E-state index contributed by atoms with van der Waals surface area (Å²) in [6.45, 7) is 7.43. The van der Waals surface area contributed by atoms with E-state index in [1.807, 2.05) is 6.07 Å². The van der Waals surface area contributed by atoms with Crippen LogP contribution >= 0.6 is 0 Å². The molecule has 0 fully saturated rings. The molecule has 1 heterocycles. The van der Waals surface area contributed by atoms with Crippen molar-refractivity contribution in [3.05, 3.63) is 23.8 Å². The molecule has 0 aromatic heterocycles. The Hall–Kier alpha value is -1.22. The van der Waals surface area contributed by atoms with E-state index in [0.29, 0.717) is 11.8 Å². The molecule has 17 heavy (non-hydrogen) atoms. The summed E-state index contributed by atoms with van der Waals surface area (Å²) in [5.41, 5.74) is 2.28. The van der Waals surface area contributed by atoms with Crippen molar-refractivity contribution in [1.29, 1.82) is 0 Å². The van der Waals surface area contributed by atoms with Gasteiger partial charge < -0.3 is 15.7 Å².